The molecule has 0 unspecified atom stereocenters. The lowest BCUT2D eigenvalue weighted by molar-refractivity contribution is 0.465. The topological polar surface area (TPSA) is 18.5 Å². The van der Waals surface area contributed by atoms with Gasteiger partial charge in [0.2, 0.25) is 0 Å². The monoisotopic (exact) mass is 436 g/mol. The van der Waals surface area contributed by atoms with E-state index in [-0.39, 0.29) is 6.71 Å². The van der Waals surface area contributed by atoms with Crippen molar-refractivity contribution in [3.05, 3.63) is 115 Å². The van der Waals surface area contributed by atoms with E-state index in [0.29, 0.717) is 0 Å². The molecule has 0 saturated heterocycles. The van der Waals surface area contributed by atoms with Gasteiger partial charge < -0.3 is 9.47 Å². The highest BCUT2D eigenvalue weighted by Crippen LogP contribution is 2.41. The van der Waals surface area contributed by atoms with Crippen molar-refractivity contribution >= 4 is 23.1 Å². The minimum Gasteiger partial charge on any atom is -0.458 e. The van der Waals surface area contributed by atoms with Gasteiger partial charge in [-0.25, -0.2) is 0 Å². The van der Waals surface area contributed by atoms with Crippen molar-refractivity contribution < 1.29 is 9.47 Å². The quantitative estimate of drug-likeness (QED) is 0.307. The molecular weight excluding hydrogens is 415 g/mol. The normalized spacial score (nSPS) is 12.7. The van der Waals surface area contributed by atoms with E-state index < -0.39 is 0 Å². The van der Waals surface area contributed by atoms with Crippen LogP contribution in [0.25, 0.3) is 22.3 Å². The fraction of sp³-hybridized carbons (Fsp3) is 0.0323. The third-order valence-electron chi connectivity index (χ3n) is 6.97. The highest BCUT2D eigenvalue weighted by molar-refractivity contribution is 6.98. The molecule has 160 valence electrons. The maximum atomic E-state index is 6.69. The molecule has 2 nitrogen and oxygen atoms in total. The lowest BCUT2D eigenvalue weighted by Gasteiger charge is -2.34. The van der Waals surface area contributed by atoms with E-state index >= 15 is 0 Å². The first-order chi connectivity index (χ1) is 16.8. The Morgan fingerprint density at radius 2 is 1.26 bits per heavy atom. The van der Waals surface area contributed by atoms with E-state index in [4.69, 9.17) is 9.47 Å². The van der Waals surface area contributed by atoms with Gasteiger partial charge in [-0.05, 0) is 64.4 Å². The standard InChI is InChI=1S/C31H21BO2/c1-20-9-5-6-12-23(20)24-16-18-29-30-31(24)34-28-17-15-22(21-10-3-2-4-11-21)19-26(28)32(30)25-13-7-8-14-27(25)33-29/h2-19H,1H3. The summed E-state index contributed by atoms with van der Waals surface area (Å²) < 4.78 is 13.1. The molecule has 0 bridgehead atoms. The molecule has 2 heterocycles. The Bertz CT molecular complexity index is 1570. The Morgan fingerprint density at radius 1 is 0.529 bits per heavy atom. The lowest BCUT2D eigenvalue weighted by Crippen LogP contribution is -2.57. The number of aryl methyl sites for hydroxylation is 1. The van der Waals surface area contributed by atoms with Crippen molar-refractivity contribution in [1.29, 1.82) is 0 Å². The van der Waals surface area contributed by atoms with E-state index in [2.05, 4.69) is 110 Å². The van der Waals surface area contributed by atoms with Crippen molar-refractivity contribution in [2.45, 2.75) is 6.92 Å². The predicted octanol–water partition coefficient (Wildman–Crippen LogP) is 6.06. The molecule has 0 atom stereocenters. The second kappa shape index (κ2) is 7.39. The Labute approximate surface area is 199 Å². The van der Waals surface area contributed by atoms with Gasteiger partial charge in [0.05, 0.1) is 0 Å². The Hall–Kier alpha value is -4.24. The maximum Gasteiger partial charge on any atom is 0.260 e. The molecule has 0 radical (unpaired) electrons. The van der Waals surface area contributed by atoms with E-state index in [0.717, 1.165) is 34.0 Å². The van der Waals surface area contributed by atoms with Crippen molar-refractivity contribution in [1.82, 2.24) is 0 Å². The Kier molecular flexibility index (Phi) is 4.19. The van der Waals surface area contributed by atoms with Crippen LogP contribution in [-0.4, -0.2) is 6.71 Å². The van der Waals surface area contributed by atoms with Crippen LogP contribution in [0, 0.1) is 6.92 Å². The van der Waals surface area contributed by atoms with Gasteiger partial charge in [-0.1, -0.05) is 84.9 Å². The molecule has 0 amide bonds. The molecule has 0 fully saturated rings. The van der Waals surface area contributed by atoms with Gasteiger partial charge in [0.25, 0.3) is 6.71 Å². The summed E-state index contributed by atoms with van der Waals surface area (Å²) in [6.07, 6.45) is 0. The van der Waals surface area contributed by atoms with Crippen LogP contribution in [0.3, 0.4) is 0 Å². The van der Waals surface area contributed by atoms with Crippen molar-refractivity contribution in [3.8, 4) is 45.3 Å². The number of fused-ring (bicyclic) bond motifs is 4. The number of hydrogen-bond donors (Lipinski definition) is 0. The number of benzene rings is 5. The fourth-order valence-electron chi connectivity index (χ4n) is 5.34. The summed E-state index contributed by atoms with van der Waals surface area (Å²) in [4.78, 5) is 0. The molecule has 0 aliphatic carbocycles. The molecule has 0 N–H and O–H groups in total. The number of hydrogen-bond acceptors (Lipinski definition) is 2. The van der Waals surface area contributed by atoms with Gasteiger partial charge in [0, 0.05) is 11.0 Å². The van der Waals surface area contributed by atoms with E-state index in [1.165, 1.54) is 33.2 Å². The van der Waals surface area contributed by atoms with Crippen LogP contribution in [0.2, 0.25) is 0 Å². The maximum absolute atomic E-state index is 6.69. The van der Waals surface area contributed by atoms with Crippen molar-refractivity contribution in [2.75, 3.05) is 0 Å². The molecular formula is C31H21BO2. The summed E-state index contributed by atoms with van der Waals surface area (Å²) in [6, 6.07) is 38.1. The van der Waals surface area contributed by atoms with Crippen LogP contribution in [0.1, 0.15) is 5.56 Å². The van der Waals surface area contributed by atoms with Crippen LogP contribution in [0.15, 0.2) is 109 Å². The van der Waals surface area contributed by atoms with Gasteiger partial charge in [-0.2, -0.15) is 0 Å². The molecule has 34 heavy (non-hydrogen) atoms. The average molecular weight is 436 g/mol. The summed E-state index contributed by atoms with van der Waals surface area (Å²) in [6.45, 7) is 2.19. The predicted molar refractivity (Wildman–Crippen MR) is 140 cm³/mol. The number of para-hydroxylation sites is 1. The highest BCUT2D eigenvalue weighted by Gasteiger charge is 2.41. The lowest BCUT2D eigenvalue weighted by atomic mass is 9.34. The molecule has 5 aromatic rings. The fourth-order valence-corrected chi connectivity index (χ4v) is 5.34. The first kappa shape index (κ1) is 19.3. The minimum atomic E-state index is 0.0475. The van der Waals surface area contributed by atoms with E-state index in [9.17, 15) is 0 Å². The van der Waals surface area contributed by atoms with Gasteiger partial charge >= 0.3 is 0 Å². The Morgan fingerprint density at radius 3 is 2.15 bits per heavy atom. The van der Waals surface area contributed by atoms with Crippen LogP contribution in [0.5, 0.6) is 23.0 Å². The molecule has 7 rings (SSSR count). The summed E-state index contributed by atoms with van der Waals surface area (Å²) in [5, 5.41) is 0. The molecule has 0 aromatic heterocycles. The van der Waals surface area contributed by atoms with Gasteiger partial charge in [0.15, 0.2) is 0 Å². The van der Waals surface area contributed by atoms with Gasteiger partial charge in [-0.3, -0.25) is 0 Å². The van der Waals surface area contributed by atoms with Gasteiger partial charge in [0.1, 0.15) is 23.0 Å². The minimum absolute atomic E-state index is 0.0475. The zero-order valence-electron chi connectivity index (χ0n) is 18.8. The third-order valence-corrected chi connectivity index (χ3v) is 6.97. The van der Waals surface area contributed by atoms with Crippen LogP contribution in [0.4, 0.5) is 0 Å². The largest absolute Gasteiger partial charge is 0.458 e. The zero-order chi connectivity index (χ0) is 22.6. The summed E-state index contributed by atoms with van der Waals surface area (Å²) >= 11 is 0. The molecule has 2 aliphatic rings. The first-order valence-corrected chi connectivity index (χ1v) is 11.6. The number of rotatable bonds is 2. The number of ether oxygens (including phenoxy) is 2. The van der Waals surface area contributed by atoms with Gasteiger partial charge in [-0.15, -0.1) is 0 Å². The zero-order valence-corrected chi connectivity index (χ0v) is 18.8. The van der Waals surface area contributed by atoms with Crippen molar-refractivity contribution in [2.24, 2.45) is 0 Å². The summed E-state index contributed by atoms with van der Waals surface area (Å²) in [5.41, 5.74) is 9.35. The summed E-state index contributed by atoms with van der Waals surface area (Å²) in [7, 11) is 0. The third kappa shape index (κ3) is 2.83. The summed E-state index contributed by atoms with van der Waals surface area (Å²) in [5.74, 6) is 3.58. The van der Waals surface area contributed by atoms with E-state index in [1.54, 1.807) is 0 Å². The van der Waals surface area contributed by atoms with Crippen LogP contribution >= 0.6 is 0 Å². The molecule has 5 aromatic carbocycles. The SMILES string of the molecule is Cc1ccccc1-c1ccc2c3c1Oc1ccc(-c4ccccc4)cc1B3c1ccccc1O2. The smallest absolute Gasteiger partial charge is 0.260 e. The van der Waals surface area contributed by atoms with E-state index in [1.807, 2.05) is 6.07 Å². The first-order valence-electron chi connectivity index (χ1n) is 11.6. The second-order valence-corrected chi connectivity index (χ2v) is 8.96. The molecule has 0 spiro atoms. The average Bonchev–Trinajstić information content (AvgIpc) is 2.89. The molecule has 3 heteroatoms. The van der Waals surface area contributed by atoms with Crippen LogP contribution in [-0.2, 0) is 0 Å². The molecule has 0 saturated carbocycles. The second-order valence-electron chi connectivity index (χ2n) is 8.96. The van der Waals surface area contributed by atoms with Crippen LogP contribution < -0.4 is 25.9 Å². The van der Waals surface area contributed by atoms with Crippen molar-refractivity contribution in [3.63, 3.8) is 0 Å². The highest BCUT2D eigenvalue weighted by atomic mass is 16.5. The molecule has 2 aliphatic heterocycles. The Balaban J connectivity index is 1.50.